The molecular formula is C26H28F3N5O4S. The number of sulfone groups is 1. The van der Waals surface area contributed by atoms with Crippen molar-refractivity contribution >= 4 is 32.3 Å². The maximum absolute atomic E-state index is 13.4. The Kier molecular flexibility index (Phi) is 8.08. The van der Waals surface area contributed by atoms with Crippen LogP contribution in [0.4, 0.5) is 18.9 Å². The lowest BCUT2D eigenvalue weighted by Gasteiger charge is -2.32. The van der Waals surface area contributed by atoms with E-state index in [-0.39, 0.29) is 28.4 Å². The van der Waals surface area contributed by atoms with Gasteiger partial charge >= 0.3 is 6.18 Å². The smallest absolute Gasteiger partial charge is 0.408 e. The Morgan fingerprint density at radius 2 is 1.87 bits per heavy atom. The molecule has 1 N–H and O–H groups in total. The minimum Gasteiger partial charge on any atom is -0.495 e. The van der Waals surface area contributed by atoms with Crippen LogP contribution in [0.15, 0.2) is 41.4 Å². The molecule has 1 saturated heterocycles. The molecular weight excluding hydrogens is 535 g/mol. The minimum atomic E-state index is -4.49. The van der Waals surface area contributed by atoms with E-state index in [9.17, 15) is 26.4 Å². The van der Waals surface area contributed by atoms with Gasteiger partial charge in [0.2, 0.25) is 0 Å². The summed E-state index contributed by atoms with van der Waals surface area (Å²) in [5, 5.41) is 7.23. The number of fused-ring (bicyclic) bond motifs is 1. The highest BCUT2D eigenvalue weighted by molar-refractivity contribution is 7.90. The number of anilines is 1. The number of carbonyl (C=O) groups is 1. The van der Waals surface area contributed by atoms with Crippen LogP contribution in [0.3, 0.4) is 0 Å². The average molecular weight is 564 g/mol. The SMILES string of the molecule is COc1ccc(S(C)(=O)=O)cc1NCC#Cc1cc(C(=O)N2CCN(C)CC2)c2cnn(CC(F)(F)F)c2c1. The Balaban J connectivity index is 1.65. The van der Waals surface area contributed by atoms with Gasteiger partial charge in [-0.1, -0.05) is 11.8 Å². The third-order valence-corrected chi connectivity index (χ3v) is 7.42. The molecule has 1 fully saturated rings. The molecule has 0 aliphatic carbocycles. The highest BCUT2D eigenvalue weighted by atomic mass is 32.2. The van der Waals surface area contributed by atoms with E-state index >= 15 is 0 Å². The van der Waals surface area contributed by atoms with Gasteiger partial charge in [0.15, 0.2) is 9.84 Å². The largest absolute Gasteiger partial charge is 0.495 e. The van der Waals surface area contributed by atoms with Crippen molar-refractivity contribution in [2.45, 2.75) is 17.6 Å². The number of rotatable bonds is 6. The molecule has 1 aliphatic rings. The van der Waals surface area contributed by atoms with Crippen molar-refractivity contribution in [3.05, 3.63) is 47.7 Å². The van der Waals surface area contributed by atoms with E-state index in [2.05, 4.69) is 27.2 Å². The summed E-state index contributed by atoms with van der Waals surface area (Å²) < 4.78 is 69.5. The van der Waals surface area contributed by atoms with Crippen molar-refractivity contribution in [3.8, 4) is 17.6 Å². The molecule has 0 unspecified atom stereocenters. The third kappa shape index (κ3) is 6.82. The fourth-order valence-electron chi connectivity index (χ4n) is 4.24. The lowest BCUT2D eigenvalue weighted by Crippen LogP contribution is -2.47. The number of ether oxygens (including phenoxy) is 1. The highest BCUT2D eigenvalue weighted by Gasteiger charge is 2.30. The summed E-state index contributed by atoms with van der Waals surface area (Å²) in [6.07, 6.45) is -2.12. The molecule has 0 saturated carbocycles. The lowest BCUT2D eigenvalue weighted by molar-refractivity contribution is -0.141. The maximum atomic E-state index is 13.4. The quantitative estimate of drug-likeness (QED) is 0.461. The zero-order valence-corrected chi connectivity index (χ0v) is 22.5. The van der Waals surface area contributed by atoms with E-state index in [0.717, 1.165) is 10.9 Å². The van der Waals surface area contributed by atoms with Crippen LogP contribution >= 0.6 is 0 Å². The molecule has 39 heavy (non-hydrogen) atoms. The van der Waals surface area contributed by atoms with Crippen molar-refractivity contribution in [2.75, 3.05) is 58.5 Å². The zero-order chi connectivity index (χ0) is 28.4. The van der Waals surface area contributed by atoms with E-state index in [1.54, 1.807) is 11.0 Å². The number of piperazine rings is 1. The van der Waals surface area contributed by atoms with Crippen molar-refractivity contribution in [2.24, 2.45) is 0 Å². The zero-order valence-electron chi connectivity index (χ0n) is 21.7. The Bertz CT molecular complexity index is 1550. The second kappa shape index (κ2) is 11.2. The molecule has 2 aromatic carbocycles. The molecule has 0 atom stereocenters. The Morgan fingerprint density at radius 3 is 2.51 bits per heavy atom. The van der Waals surface area contributed by atoms with Gasteiger partial charge in [0.05, 0.1) is 41.5 Å². The summed E-state index contributed by atoms with van der Waals surface area (Å²) in [5.41, 5.74) is 1.17. The first-order valence-electron chi connectivity index (χ1n) is 12.0. The fourth-order valence-corrected chi connectivity index (χ4v) is 4.89. The number of hydrogen-bond acceptors (Lipinski definition) is 7. The first-order chi connectivity index (χ1) is 18.4. The van der Waals surface area contributed by atoms with Crippen LogP contribution in [0, 0.1) is 11.8 Å². The van der Waals surface area contributed by atoms with E-state index in [0.29, 0.717) is 48.6 Å². The number of likely N-dealkylation sites (N-methyl/N-ethyl adjacent to an activating group) is 1. The van der Waals surface area contributed by atoms with Crippen molar-refractivity contribution in [1.82, 2.24) is 19.6 Å². The topological polar surface area (TPSA) is 96.8 Å². The highest BCUT2D eigenvalue weighted by Crippen LogP contribution is 2.28. The van der Waals surface area contributed by atoms with Gasteiger partial charge in [-0.05, 0) is 37.4 Å². The molecule has 1 aliphatic heterocycles. The van der Waals surface area contributed by atoms with Crippen LogP contribution in [0.1, 0.15) is 15.9 Å². The van der Waals surface area contributed by atoms with Crippen LogP contribution in [0.25, 0.3) is 10.9 Å². The van der Waals surface area contributed by atoms with Crippen LogP contribution < -0.4 is 10.1 Å². The van der Waals surface area contributed by atoms with Gasteiger partial charge in [0.1, 0.15) is 12.3 Å². The number of carbonyl (C=O) groups excluding carboxylic acids is 1. The van der Waals surface area contributed by atoms with E-state index in [1.165, 1.54) is 37.6 Å². The second-order valence-electron chi connectivity index (χ2n) is 9.26. The van der Waals surface area contributed by atoms with Gasteiger partial charge in [-0.15, -0.1) is 0 Å². The van der Waals surface area contributed by atoms with Gasteiger partial charge in [-0.3, -0.25) is 9.48 Å². The fraction of sp³-hybridized carbons (Fsp3) is 0.385. The van der Waals surface area contributed by atoms with Crippen molar-refractivity contribution in [1.29, 1.82) is 0 Å². The normalized spacial score (nSPS) is 14.7. The van der Waals surface area contributed by atoms with E-state index in [1.807, 2.05) is 7.05 Å². The number of halogens is 3. The molecule has 0 radical (unpaired) electrons. The Labute approximate surface area is 224 Å². The number of nitrogens with one attached hydrogen (secondary N) is 1. The molecule has 0 bridgehead atoms. The van der Waals surface area contributed by atoms with Gasteiger partial charge in [0.25, 0.3) is 5.91 Å². The van der Waals surface area contributed by atoms with Gasteiger partial charge in [0, 0.05) is 43.4 Å². The summed E-state index contributed by atoms with van der Waals surface area (Å²) in [6, 6.07) is 7.44. The van der Waals surface area contributed by atoms with Crippen LogP contribution in [-0.4, -0.2) is 93.2 Å². The number of nitrogens with zero attached hydrogens (tertiary/aromatic N) is 4. The molecule has 0 spiro atoms. The van der Waals surface area contributed by atoms with Crippen molar-refractivity contribution in [3.63, 3.8) is 0 Å². The number of aromatic nitrogens is 2. The van der Waals surface area contributed by atoms with Crippen LogP contribution in [0.5, 0.6) is 5.75 Å². The summed E-state index contributed by atoms with van der Waals surface area (Å²) in [4.78, 5) is 17.3. The predicted octanol–water partition coefficient (Wildman–Crippen LogP) is 2.86. The van der Waals surface area contributed by atoms with Crippen LogP contribution in [0.2, 0.25) is 0 Å². The van der Waals surface area contributed by atoms with Gasteiger partial charge in [-0.25, -0.2) is 8.42 Å². The van der Waals surface area contributed by atoms with Gasteiger partial charge < -0.3 is 19.9 Å². The molecule has 3 aromatic rings. The van der Waals surface area contributed by atoms with Crippen molar-refractivity contribution < 1.29 is 31.1 Å². The molecule has 9 nitrogen and oxygen atoms in total. The molecule has 2 heterocycles. The lowest BCUT2D eigenvalue weighted by atomic mass is 10.0. The predicted molar refractivity (Wildman–Crippen MR) is 141 cm³/mol. The van der Waals surface area contributed by atoms with E-state index < -0.39 is 22.6 Å². The summed E-state index contributed by atoms with van der Waals surface area (Å²) in [7, 11) is -0.0345. The first kappa shape index (κ1) is 28.3. The number of alkyl halides is 3. The Hall–Kier alpha value is -3.76. The molecule has 208 valence electrons. The minimum absolute atomic E-state index is 0.0746. The monoisotopic (exact) mass is 563 g/mol. The van der Waals surface area contributed by atoms with Gasteiger partial charge in [-0.2, -0.15) is 18.3 Å². The molecule has 13 heteroatoms. The molecule has 4 rings (SSSR count). The first-order valence-corrected chi connectivity index (χ1v) is 13.9. The number of methoxy groups -OCH3 is 1. The molecule has 1 amide bonds. The van der Waals surface area contributed by atoms with E-state index in [4.69, 9.17) is 4.74 Å². The standard InChI is InChI=1S/C26H28F3N5O4S/c1-32-9-11-33(12-10-32)25(35)20-13-18(14-23-21(20)16-31-34(23)17-26(27,28)29)5-4-8-30-22-15-19(39(3,36)37)6-7-24(22)38-2/h6-7,13-16,30H,8-12,17H2,1-3H3. The summed E-state index contributed by atoms with van der Waals surface area (Å²) in [5.74, 6) is 5.92. The average Bonchev–Trinajstić information content (AvgIpc) is 3.26. The molecule has 1 aromatic heterocycles. The Morgan fingerprint density at radius 1 is 1.15 bits per heavy atom. The summed E-state index contributed by atoms with van der Waals surface area (Å²) >= 11 is 0. The second-order valence-corrected chi connectivity index (χ2v) is 11.3. The summed E-state index contributed by atoms with van der Waals surface area (Å²) in [6.45, 7) is 1.16. The number of amides is 1. The van der Waals surface area contributed by atoms with Crippen LogP contribution in [-0.2, 0) is 16.4 Å². The maximum Gasteiger partial charge on any atom is 0.408 e. The third-order valence-electron chi connectivity index (χ3n) is 6.31. The number of benzene rings is 2. The number of hydrogen-bond donors (Lipinski definition) is 1.